The maximum absolute atomic E-state index is 12.4. The van der Waals surface area contributed by atoms with Crippen molar-refractivity contribution in [3.63, 3.8) is 0 Å². The van der Waals surface area contributed by atoms with Crippen LogP contribution in [-0.4, -0.2) is 27.2 Å². The lowest BCUT2D eigenvalue weighted by Gasteiger charge is -2.13. The number of amides is 1. The van der Waals surface area contributed by atoms with Crippen molar-refractivity contribution in [2.45, 2.75) is 0 Å². The molecule has 8 heteroatoms. The molecule has 140 valence electrons. The standard InChI is InChI=1S/C19H16Cl2N2O4/c1-25-16-5-11(6-17(26-2)18(16)27-3)4-12(10-22)19(24)23-15-8-13(20)7-14(21)9-15/h4-9H,1-3H3,(H,23,24)/b12-4+. The van der Waals surface area contributed by atoms with Crippen molar-refractivity contribution < 1.29 is 19.0 Å². The quantitative estimate of drug-likeness (QED) is 0.561. The number of hydrogen-bond acceptors (Lipinski definition) is 5. The number of hydrogen-bond donors (Lipinski definition) is 1. The molecule has 0 aliphatic rings. The smallest absolute Gasteiger partial charge is 0.266 e. The molecule has 27 heavy (non-hydrogen) atoms. The van der Waals surface area contributed by atoms with Gasteiger partial charge in [0, 0.05) is 15.7 Å². The molecule has 0 aliphatic carbocycles. The van der Waals surface area contributed by atoms with E-state index in [1.54, 1.807) is 12.1 Å². The predicted molar refractivity (Wildman–Crippen MR) is 105 cm³/mol. The number of methoxy groups -OCH3 is 3. The van der Waals surface area contributed by atoms with Crippen molar-refractivity contribution in [3.05, 3.63) is 51.5 Å². The van der Waals surface area contributed by atoms with E-state index in [2.05, 4.69) is 5.32 Å². The fourth-order valence-electron chi connectivity index (χ4n) is 2.32. The molecule has 0 unspecified atom stereocenters. The molecule has 2 aromatic rings. The summed E-state index contributed by atoms with van der Waals surface area (Å²) in [5.74, 6) is 0.614. The van der Waals surface area contributed by atoms with E-state index in [9.17, 15) is 10.1 Å². The number of anilines is 1. The average Bonchev–Trinajstić information content (AvgIpc) is 2.64. The second kappa shape index (κ2) is 9.17. The third-order valence-electron chi connectivity index (χ3n) is 3.48. The molecule has 1 N–H and O–H groups in total. The largest absolute Gasteiger partial charge is 0.493 e. The van der Waals surface area contributed by atoms with Crippen molar-refractivity contribution in [1.29, 1.82) is 5.26 Å². The zero-order valence-electron chi connectivity index (χ0n) is 14.8. The normalized spacial score (nSPS) is 10.7. The predicted octanol–water partition coefficient (Wildman–Crippen LogP) is 4.56. The van der Waals surface area contributed by atoms with Crippen molar-refractivity contribution in [2.75, 3.05) is 26.6 Å². The van der Waals surface area contributed by atoms with Crippen LogP contribution in [0.15, 0.2) is 35.9 Å². The van der Waals surface area contributed by atoms with Crippen LogP contribution < -0.4 is 19.5 Å². The van der Waals surface area contributed by atoms with E-state index >= 15 is 0 Å². The molecular weight excluding hydrogens is 391 g/mol. The highest BCUT2D eigenvalue weighted by atomic mass is 35.5. The average molecular weight is 407 g/mol. The number of ether oxygens (including phenoxy) is 3. The van der Waals surface area contributed by atoms with Crippen LogP contribution in [0.5, 0.6) is 17.2 Å². The van der Waals surface area contributed by atoms with Gasteiger partial charge in [-0.1, -0.05) is 23.2 Å². The Bertz CT molecular complexity index is 891. The lowest BCUT2D eigenvalue weighted by molar-refractivity contribution is -0.112. The molecule has 0 atom stereocenters. The Kier molecular flexibility index (Phi) is 6.94. The highest BCUT2D eigenvalue weighted by Gasteiger charge is 2.15. The number of carbonyl (C=O) groups excluding carboxylic acids is 1. The summed E-state index contributed by atoms with van der Waals surface area (Å²) < 4.78 is 15.8. The third kappa shape index (κ3) is 5.07. The van der Waals surface area contributed by atoms with Gasteiger partial charge in [-0.25, -0.2) is 0 Å². The fraction of sp³-hybridized carbons (Fsp3) is 0.158. The lowest BCUT2D eigenvalue weighted by Crippen LogP contribution is -2.13. The first-order valence-corrected chi connectivity index (χ1v) is 8.36. The van der Waals surface area contributed by atoms with Gasteiger partial charge in [0.1, 0.15) is 11.6 Å². The topological polar surface area (TPSA) is 80.6 Å². The summed E-state index contributed by atoms with van der Waals surface area (Å²) in [4.78, 5) is 12.4. The third-order valence-corrected chi connectivity index (χ3v) is 3.92. The van der Waals surface area contributed by atoms with Gasteiger partial charge in [-0.15, -0.1) is 0 Å². The Morgan fingerprint density at radius 1 is 1.00 bits per heavy atom. The molecule has 0 radical (unpaired) electrons. The number of benzene rings is 2. The van der Waals surface area contributed by atoms with Gasteiger partial charge in [0.05, 0.1) is 21.3 Å². The maximum Gasteiger partial charge on any atom is 0.266 e. The molecule has 0 fully saturated rings. The van der Waals surface area contributed by atoms with Crippen LogP contribution in [0.3, 0.4) is 0 Å². The molecule has 2 rings (SSSR count). The second-order valence-electron chi connectivity index (χ2n) is 5.24. The fourth-order valence-corrected chi connectivity index (χ4v) is 2.85. The summed E-state index contributed by atoms with van der Waals surface area (Å²) in [6.07, 6.45) is 1.41. The Balaban J connectivity index is 2.37. The number of halogens is 2. The number of rotatable bonds is 6. The SMILES string of the molecule is COc1cc(/C=C(\C#N)C(=O)Nc2cc(Cl)cc(Cl)c2)cc(OC)c1OC. The minimum Gasteiger partial charge on any atom is -0.493 e. The minimum atomic E-state index is -0.607. The van der Waals surface area contributed by atoms with E-state index in [1.165, 1.54) is 45.6 Å². The van der Waals surface area contributed by atoms with E-state index in [1.807, 2.05) is 6.07 Å². The van der Waals surface area contributed by atoms with Crippen LogP contribution in [0.1, 0.15) is 5.56 Å². The molecule has 0 aromatic heterocycles. The van der Waals surface area contributed by atoms with E-state index in [0.717, 1.165) is 0 Å². The van der Waals surface area contributed by atoms with Gasteiger partial charge in [0.25, 0.3) is 5.91 Å². The molecule has 6 nitrogen and oxygen atoms in total. The first-order valence-electron chi connectivity index (χ1n) is 7.61. The molecule has 0 saturated heterocycles. The van der Waals surface area contributed by atoms with Gasteiger partial charge in [-0.3, -0.25) is 4.79 Å². The van der Waals surface area contributed by atoms with Crippen molar-refractivity contribution in [1.82, 2.24) is 0 Å². The van der Waals surface area contributed by atoms with Gasteiger partial charge >= 0.3 is 0 Å². The highest BCUT2D eigenvalue weighted by Crippen LogP contribution is 2.38. The van der Waals surface area contributed by atoms with Gasteiger partial charge in [-0.05, 0) is 42.0 Å². The van der Waals surface area contributed by atoms with Crippen molar-refractivity contribution in [2.24, 2.45) is 0 Å². The number of carbonyl (C=O) groups is 1. The van der Waals surface area contributed by atoms with E-state index in [-0.39, 0.29) is 5.57 Å². The van der Waals surface area contributed by atoms with Crippen LogP contribution in [0.4, 0.5) is 5.69 Å². The van der Waals surface area contributed by atoms with E-state index in [4.69, 9.17) is 37.4 Å². The highest BCUT2D eigenvalue weighted by molar-refractivity contribution is 6.35. The monoisotopic (exact) mass is 406 g/mol. The first-order chi connectivity index (χ1) is 12.9. The summed E-state index contributed by atoms with van der Waals surface area (Å²) in [6.45, 7) is 0. The lowest BCUT2D eigenvalue weighted by atomic mass is 10.1. The van der Waals surface area contributed by atoms with Crippen LogP contribution in [-0.2, 0) is 4.79 Å². The van der Waals surface area contributed by atoms with Crippen molar-refractivity contribution in [3.8, 4) is 23.3 Å². The Morgan fingerprint density at radius 3 is 2.00 bits per heavy atom. The summed E-state index contributed by atoms with van der Waals surface area (Å²) in [7, 11) is 4.44. The van der Waals surface area contributed by atoms with Crippen LogP contribution in [0.2, 0.25) is 10.0 Å². The minimum absolute atomic E-state index is 0.125. The summed E-state index contributed by atoms with van der Waals surface area (Å²) in [5.41, 5.74) is 0.782. The Hall–Kier alpha value is -2.88. The van der Waals surface area contributed by atoms with Crippen LogP contribution in [0, 0.1) is 11.3 Å². The van der Waals surface area contributed by atoms with E-state index < -0.39 is 5.91 Å². The number of nitrogens with zero attached hydrogens (tertiary/aromatic N) is 1. The zero-order valence-corrected chi connectivity index (χ0v) is 16.3. The molecule has 0 aliphatic heterocycles. The molecule has 0 spiro atoms. The van der Waals surface area contributed by atoms with Crippen molar-refractivity contribution >= 4 is 40.9 Å². The maximum atomic E-state index is 12.4. The molecule has 0 saturated carbocycles. The van der Waals surface area contributed by atoms with E-state index in [0.29, 0.717) is 38.5 Å². The Labute approximate surface area is 166 Å². The van der Waals surface area contributed by atoms with Crippen LogP contribution >= 0.6 is 23.2 Å². The molecule has 1 amide bonds. The number of nitriles is 1. The molecule has 0 heterocycles. The zero-order chi connectivity index (χ0) is 20.0. The summed E-state index contributed by atoms with van der Waals surface area (Å²) >= 11 is 11.8. The Morgan fingerprint density at radius 2 is 1.56 bits per heavy atom. The summed E-state index contributed by atoms with van der Waals surface area (Å²) in [6, 6.07) is 9.72. The first kappa shape index (κ1) is 20.4. The van der Waals surface area contributed by atoms with Gasteiger partial charge in [-0.2, -0.15) is 5.26 Å². The molecule has 0 bridgehead atoms. The van der Waals surface area contributed by atoms with Gasteiger partial charge in [0.2, 0.25) is 5.75 Å². The van der Waals surface area contributed by atoms with Gasteiger partial charge in [0.15, 0.2) is 11.5 Å². The molecular formula is C19H16Cl2N2O4. The second-order valence-corrected chi connectivity index (χ2v) is 6.11. The summed E-state index contributed by atoms with van der Waals surface area (Å²) in [5, 5.41) is 12.7. The number of nitrogens with one attached hydrogen (secondary N) is 1. The molecule has 2 aromatic carbocycles. The van der Waals surface area contributed by atoms with Crippen LogP contribution in [0.25, 0.3) is 6.08 Å². The van der Waals surface area contributed by atoms with Gasteiger partial charge < -0.3 is 19.5 Å².